The summed E-state index contributed by atoms with van der Waals surface area (Å²) >= 11 is 0. The number of carbonyl (C=O) groups is 1. The molecule has 1 saturated heterocycles. The van der Waals surface area contributed by atoms with Gasteiger partial charge in [0.05, 0.1) is 17.7 Å². The number of hydrogen-bond donors (Lipinski definition) is 1. The molecule has 0 bridgehead atoms. The van der Waals surface area contributed by atoms with Crippen molar-refractivity contribution in [3.63, 3.8) is 0 Å². The zero-order valence-electron chi connectivity index (χ0n) is 15.5. The van der Waals surface area contributed by atoms with Gasteiger partial charge in [-0.15, -0.1) is 0 Å². The molecule has 1 fully saturated rings. The number of benzene rings is 2. The first kappa shape index (κ1) is 17.4. The van der Waals surface area contributed by atoms with Crippen molar-refractivity contribution in [1.29, 1.82) is 5.26 Å². The number of aromatic nitrogens is 1. The SMILES string of the molecule is CCCC1CC(=O)N(C(c2ccccc2)c2c[nH]c3ccc(C#N)cc23)C1. The number of nitrogens with zero attached hydrogens (tertiary/aromatic N) is 2. The van der Waals surface area contributed by atoms with Crippen molar-refractivity contribution in [1.82, 2.24) is 9.88 Å². The lowest BCUT2D eigenvalue weighted by molar-refractivity contribution is -0.129. The minimum Gasteiger partial charge on any atom is -0.361 e. The molecule has 1 aliphatic heterocycles. The van der Waals surface area contributed by atoms with Crippen LogP contribution in [-0.4, -0.2) is 22.3 Å². The molecule has 2 heterocycles. The van der Waals surface area contributed by atoms with Crippen LogP contribution in [0.5, 0.6) is 0 Å². The fourth-order valence-corrected chi connectivity index (χ4v) is 4.26. The van der Waals surface area contributed by atoms with E-state index >= 15 is 0 Å². The van der Waals surface area contributed by atoms with Crippen molar-refractivity contribution >= 4 is 16.8 Å². The summed E-state index contributed by atoms with van der Waals surface area (Å²) in [4.78, 5) is 18.2. The lowest BCUT2D eigenvalue weighted by Gasteiger charge is -2.29. The van der Waals surface area contributed by atoms with Crippen LogP contribution in [0, 0.1) is 17.2 Å². The van der Waals surface area contributed by atoms with Crippen LogP contribution >= 0.6 is 0 Å². The molecule has 4 heteroatoms. The molecule has 2 aromatic carbocycles. The van der Waals surface area contributed by atoms with Crippen LogP contribution in [0.2, 0.25) is 0 Å². The summed E-state index contributed by atoms with van der Waals surface area (Å²) in [6.45, 7) is 2.96. The van der Waals surface area contributed by atoms with Gasteiger partial charge >= 0.3 is 0 Å². The van der Waals surface area contributed by atoms with E-state index in [1.54, 1.807) is 0 Å². The summed E-state index contributed by atoms with van der Waals surface area (Å²) in [5.74, 6) is 0.640. The zero-order valence-corrected chi connectivity index (χ0v) is 15.5. The monoisotopic (exact) mass is 357 g/mol. The molecule has 1 aliphatic rings. The topological polar surface area (TPSA) is 59.9 Å². The maximum atomic E-state index is 12.9. The molecule has 1 amide bonds. The van der Waals surface area contributed by atoms with Crippen molar-refractivity contribution < 1.29 is 4.79 Å². The Bertz CT molecular complexity index is 999. The van der Waals surface area contributed by atoms with E-state index in [0.29, 0.717) is 17.9 Å². The van der Waals surface area contributed by atoms with Gasteiger partial charge in [-0.25, -0.2) is 0 Å². The van der Waals surface area contributed by atoms with E-state index in [1.165, 1.54) is 0 Å². The number of amides is 1. The predicted molar refractivity (Wildman–Crippen MR) is 106 cm³/mol. The van der Waals surface area contributed by atoms with E-state index in [4.69, 9.17) is 0 Å². The lowest BCUT2D eigenvalue weighted by atomic mass is 9.96. The molecule has 3 aromatic rings. The van der Waals surface area contributed by atoms with Gasteiger partial charge in [-0.2, -0.15) is 5.26 Å². The Kier molecular flexibility index (Phi) is 4.68. The standard InChI is InChI=1S/C23H23N3O/c1-2-6-17-12-22(27)26(15-17)23(18-7-4-3-5-8-18)20-14-25-21-10-9-16(13-24)11-19(20)21/h3-5,7-11,14,17,23,25H,2,6,12,15H2,1H3. The fourth-order valence-electron chi connectivity index (χ4n) is 4.26. The van der Waals surface area contributed by atoms with Crippen LogP contribution in [0.4, 0.5) is 0 Å². The molecule has 2 unspecified atom stereocenters. The Morgan fingerprint density at radius 3 is 2.81 bits per heavy atom. The Labute approximate surface area is 159 Å². The molecule has 0 aliphatic carbocycles. The van der Waals surface area contributed by atoms with Gasteiger partial charge in [0.25, 0.3) is 0 Å². The molecule has 0 radical (unpaired) electrons. The van der Waals surface area contributed by atoms with Crippen molar-refractivity contribution in [3.05, 3.63) is 71.4 Å². The summed E-state index contributed by atoms with van der Waals surface area (Å²) in [5, 5.41) is 10.3. The average molecular weight is 357 g/mol. The van der Waals surface area contributed by atoms with Gasteiger partial charge in [0.1, 0.15) is 0 Å². The van der Waals surface area contributed by atoms with E-state index < -0.39 is 0 Å². The number of nitriles is 1. The van der Waals surface area contributed by atoms with Crippen molar-refractivity contribution in [2.24, 2.45) is 5.92 Å². The van der Waals surface area contributed by atoms with Crippen molar-refractivity contribution in [2.45, 2.75) is 32.2 Å². The van der Waals surface area contributed by atoms with Crippen LogP contribution in [-0.2, 0) is 4.79 Å². The van der Waals surface area contributed by atoms with E-state index in [9.17, 15) is 10.1 Å². The summed E-state index contributed by atoms with van der Waals surface area (Å²) in [5.41, 5.74) is 3.78. The molecular weight excluding hydrogens is 334 g/mol. The normalized spacial score (nSPS) is 18.0. The van der Waals surface area contributed by atoms with Gasteiger partial charge in [-0.1, -0.05) is 43.7 Å². The highest BCUT2D eigenvalue weighted by Crippen LogP contribution is 2.38. The van der Waals surface area contributed by atoms with Gasteiger partial charge < -0.3 is 9.88 Å². The molecule has 4 rings (SSSR count). The van der Waals surface area contributed by atoms with E-state index in [1.807, 2.05) is 47.5 Å². The van der Waals surface area contributed by atoms with Gasteiger partial charge in [0.2, 0.25) is 5.91 Å². The molecular formula is C23H23N3O. The van der Waals surface area contributed by atoms with Crippen molar-refractivity contribution in [2.75, 3.05) is 6.54 Å². The number of rotatable bonds is 5. The number of carbonyl (C=O) groups excluding carboxylic acids is 1. The number of H-pyrrole nitrogens is 1. The molecule has 0 spiro atoms. The Hall–Kier alpha value is -3.06. The highest BCUT2D eigenvalue weighted by Gasteiger charge is 2.36. The molecule has 2 atom stereocenters. The predicted octanol–water partition coefficient (Wildman–Crippen LogP) is 4.78. The number of nitrogens with one attached hydrogen (secondary N) is 1. The van der Waals surface area contributed by atoms with Crippen LogP contribution < -0.4 is 0 Å². The number of fused-ring (bicyclic) bond motifs is 1. The largest absolute Gasteiger partial charge is 0.361 e. The molecule has 1 aromatic heterocycles. The van der Waals surface area contributed by atoms with E-state index in [2.05, 4.69) is 30.1 Å². The molecule has 1 N–H and O–H groups in total. The third-order valence-corrected chi connectivity index (χ3v) is 5.50. The first-order chi connectivity index (χ1) is 13.2. The number of likely N-dealkylation sites (tertiary alicyclic amines) is 1. The quantitative estimate of drug-likeness (QED) is 0.714. The molecule has 27 heavy (non-hydrogen) atoms. The van der Waals surface area contributed by atoms with Crippen LogP contribution in [0.15, 0.2) is 54.7 Å². The average Bonchev–Trinajstić information content (AvgIpc) is 3.27. The summed E-state index contributed by atoms with van der Waals surface area (Å²) in [6, 6.07) is 17.9. The minimum atomic E-state index is -0.136. The third kappa shape index (κ3) is 3.21. The fraction of sp³-hybridized carbons (Fsp3) is 0.304. The second-order valence-corrected chi connectivity index (χ2v) is 7.33. The Balaban J connectivity index is 1.83. The number of hydrogen-bond acceptors (Lipinski definition) is 2. The lowest BCUT2D eigenvalue weighted by Crippen LogP contribution is -2.31. The Morgan fingerprint density at radius 1 is 1.26 bits per heavy atom. The van der Waals surface area contributed by atoms with E-state index in [-0.39, 0.29) is 11.9 Å². The second-order valence-electron chi connectivity index (χ2n) is 7.33. The maximum Gasteiger partial charge on any atom is 0.223 e. The van der Waals surface area contributed by atoms with Crippen LogP contribution in [0.1, 0.15) is 48.9 Å². The second kappa shape index (κ2) is 7.28. The summed E-state index contributed by atoms with van der Waals surface area (Å²) < 4.78 is 0. The van der Waals surface area contributed by atoms with Gasteiger partial charge in [0.15, 0.2) is 0 Å². The summed E-state index contributed by atoms with van der Waals surface area (Å²) in [6.07, 6.45) is 4.80. The molecule has 4 nitrogen and oxygen atoms in total. The first-order valence-electron chi connectivity index (χ1n) is 9.56. The maximum absolute atomic E-state index is 12.9. The van der Waals surface area contributed by atoms with Crippen molar-refractivity contribution in [3.8, 4) is 6.07 Å². The molecule has 136 valence electrons. The van der Waals surface area contributed by atoms with Crippen LogP contribution in [0.25, 0.3) is 10.9 Å². The van der Waals surface area contributed by atoms with Gasteiger partial charge in [-0.3, -0.25) is 4.79 Å². The first-order valence-corrected chi connectivity index (χ1v) is 9.56. The zero-order chi connectivity index (χ0) is 18.8. The number of aromatic amines is 1. The summed E-state index contributed by atoms with van der Waals surface area (Å²) in [7, 11) is 0. The van der Waals surface area contributed by atoms with E-state index in [0.717, 1.165) is 41.4 Å². The van der Waals surface area contributed by atoms with Gasteiger partial charge in [0, 0.05) is 35.6 Å². The minimum absolute atomic E-state index is 0.136. The highest BCUT2D eigenvalue weighted by molar-refractivity contribution is 5.87. The Morgan fingerprint density at radius 2 is 2.07 bits per heavy atom. The van der Waals surface area contributed by atoms with Gasteiger partial charge in [-0.05, 0) is 36.1 Å². The van der Waals surface area contributed by atoms with Crippen LogP contribution in [0.3, 0.4) is 0 Å². The molecule has 0 saturated carbocycles. The smallest absolute Gasteiger partial charge is 0.223 e. The highest BCUT2D eigenvalue weighted by atomic mass is 16.2. The third-order valence-electron chi connectivity index (χ3n) is 5.50.